The van der Waals surface area contributed by atoms with E-state index in [0.29, 0.717) is 10.7 Å². The van der Waals surface area contributed by atoms with Gasteiger partial charge in [-0.15, -0.1) is 11.3 Å². The number of carbonyl (C=O) groups excluding carboxylic acids is 1. The molecule has 1 amide bonds. The molecule has 1 atom stereocenters. The van der Waals surface area contributed by atoms with Gasteiger partial charge in [-0.2, -0.15) is 0 Å². The van der Waals surface area contributed by atoms with Crippen molar-refractivity contribution in [1.29, 1.82) is 0 Å². The van der Waals surface area contributed by atoms with Crippen LogP contribution in [0.4, 0.5) is 0 Å². The van der Waals surface area contributed by atoms with Crippen LogP contribution in [0.1, 0.15) is 24.3 Å². The molecule has 0 aliphatic carbocycles. The number of pyridine rings is 1. The second-order valence-electron chi connectivity index (χ2n) is 4.79. The molecular formula is C14H15N3O3S. The van der Waals surface area contributed by atoms with Crippen LogP contribution in [0, 0.1) is 5.92 Å². The number of carboxylic acid groups (broad SMARTS) is 1. The highest BCUT2D eigenvalue weighted by Crippen LogP contribution is 2.21. The Bertz CT molecular complexity index is 640. The monoisotopic (exact) mass is 305 g/mol. The number of thiazole rings is 1. The molecule has 21 heavy (non-hydrogen) atoms. The highest BCUT2D eigenvalue weighted by molar-refractivity contribution is 7.13. The van der Waals surface area contributed by atoms with E-state index < -0.39 is 17.9 Å². The van der Waals surface area contributed by atoms with Gasteiger partial charge in [-0.05, 0) is 18.1 Å². The number of carboxylic acids is 1. The van der Waals surface area contributed by atoms with E-state index in [1.165, 1.54) is 11.3 Å². The summed E-state index contributed by atoms with van der Waals surface area (Å²) in [4.78, 5) is 31.5. The number of aromatic nitrogens is 2. The Kier molecular flexibility index (Phi) is 4.64. The molecule has 0 fully saturated rings. The molecule has 7 heteroatoms. The Labute approximate surface area is 125 Å². The van der Waals surface area contributed by atoms with Crippen molar-refractivity contribution in [3.8, 4) is 10.7 Å². The largest absolute Gasteiger partial charge is 0.480 e. The molecule has 110 valence electrons. The zero-order valence-corrected chi connectivity index (χ0v) is 12.4. The van der Waals surface area contributed by atoms with E-state index in [4.69, 9.17) is 5.11 Å². The topological polar surface area (TPSA) is 92.2 Å². The van der Waals surface area contributed by atoms with Gasteiger partial charge in [0.1, 0.15) is 16.7 Å². The van der Waals surface area contributed by atoms with E-state index >= 15 is 0 Å². The number of nitrogens with zero attached hydrogens (tertiary/aromatic N) is 2. The Hall–Kier alpha value is -2.28. The number of amides is 1. The van der Waals surface area contributed by atoms with Crippen LogP contribution in [-0.2, 0) is 4.79 Å². The van der Waals surface area contributed by atoms with Crippen LogP contribution in [0.3, 0.4) is 0 Å². The van der Waals surface area contributed by atoms with E-state index in [1.54, 1.807) is 37.6 Å². The zero-order chi connectivity index (χ0) is 15.4. The minimum Gasteiger partial charge on any atom is -0.480 e. The van der Waals surface area contributed by atoms with Crippen LogP contribution in [0.2, 0.25) is 0 Å². The highest BCUT2D eigenvalue weighted by Gasteiger charge is 2.25. The third-order valence-corrected chi connectivity index (χ3v) is 3.70. The lowest BCUT2D eigenvalue weighted by Gasteiger charge is -2.16. The van der Waals surface area contributed by atoms with Crippen molar-refractivity contribution >= 4 is 23.2 Å². The minimum absolute atomic E-state index is 0.201. The molecule has 0 radical (unpaired) electrons. The minimum atomic E-state index is -1.06. The molecule has 0 aliphatic heterocycles. The third kappa shape index (κ3) is 3.63. The van der Waals surface area contributed by atoms with E-state index in [-0.39, 0.29) is 11.6 Å². The SMILES string of the molecule is CC(C)[C@H](NC(=O)c1csc(-c2ccccn2)n1)C(=O)O. The van der Waals surface area contributed by atoms with Gasteiger partial charge in [-0.25, -0.2) is 9.78 Å². The summed E-state index contributed by atoms with van der Waals surface area (Å²) >= 11 is 1.29. The quantitative estimate of drug-likeness (QED) is 0.882. The van der Waals surface area contributed by atoms with Gasteiger partial charge in [0.2, 0.25) is 0 Å². The molecule has 6 nitrogen and oxygen atoms in total. The second-order valence-corrected chi connectivity index (χ2v) is 5.64. The van der Waals surface area contributed by atoms with E-state index in [9.17, 15) is 9.59 Å². The van der Waals surface area contributed by atoms with Crippen LogP contribution in [-0.4, -0.2) is 33.0 Å². The Balaban J connectivity index is 2.14. The first-order chi connectivity index (χ1) is 9.99. The number of hydrogen-bond donors (Lipinski definition) is 2. The van der Waals surface area contributed by atoms with Crippen molar-refractivity contribution in [2.24, 2.45) is 5.92 Å². The molecule has 2 aromatic heterocycles. The summed E-state index contributed by atoms with van der Waals surface area (Å²) in [5.41, 5.74) is 0.882. The fraction of sp³-hybridized carbons (Fsp3) is 0.286. The maximum absolute atomic E-state index is 12.1. The fourth-order valence-corrected chi connectivity index (χ4v) is 2.49. The van der Waals surface area contributed by atoms with Crippen molar-refractivity contribution in [2.45, 2.75) is 19.9 Å². The van der Waals surface area contributed by atoms with Crippen molar-refractivity contribution < 1.29 is 14.7 Å². The number of carbonyl (C=O) groups is 2. The van der Waals surface area contributed by atoms with Crippen LogP contribution in [0.15, 0.2) is 29.8 Å². The molecule has 2 heterocycles. The predicted octanol–water partition coefficient (Wildman–Crippen LogP) is 2.04. The summed E-state index contributed by atoms with van der Waals surface area (Å²) in [6.07, 6.45) is 1.65. The molecule has 0 saturated heterocycles. The average Bonchev–Trinajstić information content (AvgIpc) is 2.94. The smallest absolute Gasteiger partial charge is 0.326 e. The lowest BCUT2D eigenvalue weighted by molar-refractivity contribution is -0.140. The number of aliphatic carboxylic acids is 1. The zero-order valence-electron chi connectivity index (χ0n) is 11.6. The van der Waals surface area contributed by atoms with Gasteiger partial charge in [0.15, 0.2) is 0 Å². The van der Waals surface area contributed by atoms with Crippen LogP contribution >= 0.6 is 11.3 Å². The van der Waals surface area contributed by atoms with Crippen LogP contribution in [0.5, 0.6) is 0 Å². The molecule has 2 aromatic rings. The third-order valence-electron chi connectivity index (χ3n) is 2.84. The Morgan fingerprint density at radius 3 is 2.67 bits per heavy atom. The first-order valence-electron chi connectivity index (χ1n) is 6.39. The summed E-state index contributed by atoms with van der Waals surface area (Å²) < 4.78 is 0. The van der Waals surface area contributed by atoms with Gasteiger partial charge in [0, 0.05) is 11.6 Å². The summed E-state index contributed by atoms with van der Waals surface area (Å²) in [6.45, 7) is 3.47. The average molecular weight is 305 g/mol. The lowest BCUT2D eigenvalue weighted by atomic mass is 10.0. The first-order valence-corrected chi connectivity index (χ1v) is 7.27. The van der Waals surface area contributed by atoms with E-state index in [1.807, 2.05) is 6.07 Å². The Morgan fingerprint density at radius 1 is 1.33 bits per heavy atom. The molecule has 0 spiro atoms. The maximum atomic E-state index is 12.1. The normalized spacial score (nSPS) is 12.1. The molecule has 0 unspecified atom stereocenters. The molecule has 2 N–H and O–H groups in total. The van der Waals surface area contributed by atoms with E-state index in [0.717, 1.165) is 0 Å². The van der Waals surface area contributed by atoms with Gasteiger partial charge in [0.05, 0.1) is 5.69 Å². The standard InChI is InChI=1S/C14H15N3O3S/c1-8(2)11(14(19)20)17-12(18)10-7-21-13(16-10)9-5-3-4-6-15-9/h3-8,11H,1-2H3,(H,17,18)(H,19,20)/t11-/m0/s1. The van der Waals surface area contributed by atoms with Gasteiger partial charge in [-0.1, -0.05) is 19.9 Å². The van der Waals surface area contributed by atoms with Gasteiger partial charge in [-0.3, -0.25) is 9.78 Å². The summed E-state index contributed by atoms with van der Waals surface area (Å²) in [7, 11) is 0. The van der Waals surface area contributed by atoms with Gasteiger partial charge in [0.25, 0.3) is 5.91 Å². The summed E-state index contributed by atoms with van der Waals surface area (Å²) in [5.74, 6) is -1.76. The van der Waals surface area contributed by atoms with Crippen molar-refractivity contribution in [3.05, 3.63) is 35.5 Å². The van der Waals surface area contributed by atoms with Gasteiger partial charge >= 0.3 is 5.97 Å². The maximum Gasteiger partial charge on any atom is 0.326 e. The summed E-state index contributed by atoms with van der Waals surface area (Å²) in [6, 6.07) is 4.50. The molecule has 0 aliphatic rings. The van der Waals surface area contributed by atoms with Crippen LogP contribution < -0.4 is 5.32 Å². The molecule has 0 aromatic carbocycles. The van der Waals surface area contributed by atoms with Crippen molar-refractivity contribution in [1.82, 2.24) is 15.3 Å². The van der Waals surface area contributed by atoms with Crippen molar-refractivity contribution in [3.63, 3.8) is 0 Å². The van der Waals surface area contributed by atoms with Crippen molar-refractivity contribution in [2.75, 3.05) is 0 Å². The summed E-state index contributed by atoms with van der Waals surface area (Å²) in [5, 5.41) is 13.8. The van der Waals surface area contributed by atoms with E-state index in [2.05, 4.69) is 15.3 Å². The van der Waals surface area contributed by atoms with Crippen LogP contribution in [0.25, 0.3) is 10.7 Å². The lowest BCUT2D eigenvalue weighted by Crippen LogP contribution is -2.44. The molecular weight excluding hydrogens is 290 g/mol. The number of rotatable bonds is 5. The molecule has 0 bridgehead atoms. The predicted molar refractivity (Wildman–Crippen MR) is 79.1 cm³/mol. The highest BCUT2D eigenvalue weighted by atomic mass is 32.1. The fourth-order valence-electron chi connectivity index (χ4n) is 1.71. The number of nitrogens with one attached hydrogen (secondary N) is 1. The molecule has 0 saturated carbocycles. The second kappa shape index (κ2) is 6.45. The first kappa shape index (κ1) is 15.1. The Morgan fingerprint density at radius 2 is 2.10 bits per heavy atom. The van der Waals surface area contributed by atoms with Gasteiger partial charge < -0.3 is 10.4 Å². The number of hydrogen-bond acceptors (Lipinski definition) is 5. The molecule has 2 rings (SSSR count).